The lowest BCUT2D eigenvalue weighted by Crippen LogP contribution is -2.39. The van der Waals surface area contributed by atoms with Crippen LogP contribution in [0, 0.1) is 0 Å². The molecule has 1 aliphatic carbocycles. The van der Waals surface area contributed by atoms with Gasteiger partial charge >= 0.3 is 5.97 Å². The highest BCUT2D eigenvalue weighted by atomic mass is 32.2. The molecular weight excluding hydrogens is 376 g/mol. The molecule has 2 N–H and O–H groups in total. The van der Waals surface area contributed by atoms with Crippen molar-refractivity contribution in [1.29, 1.82) is 0 Å². The third-order valence-electron chi connectivity index (χ3n) is 4.53. The van der Waals surface area contributed by atoms with Gasteiger partial charge in [-0.2, -0.15) is 0 Å². The van der Waals surface area contributed by atoms with Gasteiger partial charge in [-0.3, -0.25) is 4.68 Å². The molecule has 1 aliphatic rings. The van der Waals surface area contributed by atoms with Crippen molar-refractivity contribution in [2.45, 2.75) is 30.2 Å². The van der Waals surface area contributed by atoms with E-state index >= 15 is 0 Å². The average Bonchev–Trinajstić information content (AvgIpc) is 3.16. The third kappa shape index (κ3) is 2.79. The number of hydrogen-bond donors (Lipinski definition) is 2. The monoisotopic (exact) mass is 392 g/mol. The number of aromatic carboxylic acids is 1. The Morgan fingerprint density at radius 1 is 1.38 bits per heavy atom. The molecule has 1 aromatic carbocycles. The van der Waals surface area contributed by atoms with Crippen molar-refractivity contribution in [3.8, 4) is 0 Å². The zero-order valence-corrected chi connectivity index (χ0v) is 15.5. The molecule has 10 heteroatoms. The van der Waals surface area contributed by atoms with E-state index in [1.165, 1.54) is 0 Å². The molecule has 0 saturated carbocycles. The van der Waals surface area contributed by atoms with E-state index in [2.05, 4.69) is 15.0 Å². The number of sulfonamides is 1. The maximum absolute atomic E-state index is 13.0. The number of nitrogens with one attached hydrogen (secondary N) is 1. The molecule has 0 spiro atoms. The number of aromatic nitrogens is 3. The van der Waals surface area contributed by atoms with Crippen molar-refractivity contribution >= 4 is 37.4 Å². The van der Waals surface area contributed by atoms with Crippen LogP contribution in [0.5, 0.6) is 0 Å². The molecule has 1 atom stereocenters. The lowest BCUT2D eigenvalue weighted by atomic mass is 9.97. The van der Waals surface area contributed by atoms with Gasteiger partial charge in [0, 0.05) is 29.6 Å². The molecule has 2 heterocycles. The van der Waals surface area contributed by atoms with Crippen LogP contribution in [-0.2, 0) is 29.9 Å². The molecule has 0 aliphatic heterocycles. The molecule has 0 radical (unpaired) electrons. The molecule has 2 aromatic heterocycles. The fourth-order valence-corrected chi connectivity index (χ4v) is 6.35. The van der Waals surface area contributed by atoms with Crippen LogP contribution in [0.1, 0.15) is 27.5 Å². The number of rotatable bonds is 4. The molecular formula is C16H16N4O4S2. The molecule has 136 valence electrons. The van der Waals surface area contributed by atoms with Crippen LogP contribution in [0.15, 0.2) is 29.2 Å². The van der Waals surface area contributed by atoms with Crippen molar-refractivity contribution < 1.29 is 18.3 Å². The standard InChI is InChI=1S/C16H16N4O4S2/c1-20-12-7-6-9(8-11(12)17-19-20)18-26(23,24)15-10-4-2-3-5-13(10)25-14(15)16(21)22/h2-5,9,18H,6-8H2,1H3,(H,21,22). The van der Waals surface area contributed by atoms with Crippen molar-refractivity contribution in [1.82, 2.24) is 19.7 Å². The fraction of sp³-hybridized carbons (Fsp3) is 0.312. The Bertz CT molecular complexity index is 1120. The highest BCUT2D eigenvalue weighted by molar-refractivity contribution is 7.90. The van der Waals surface area contributed by atoms with E-state index in [0.29, 0.717) is 29.3 Å². The quantitative estimate of drug-likeness (QED) is 0.696. The van der Waals surface area contributed by atoms with E-state index in [9.17, 15) is 18.3 Å². The average molecular weight is 392 g/mol. The van der Waals surface area contributed by atoms with E-state index in [1.807, 2.05) is 7.05 Å². The fourth-order valence-electron chi connectivity index (χ4n) is 3.34. The first-order chi connectivity index (χ1) is 12.4. The zero-order valence-electron chi connectivity index (χ0n) is 13.8. The maximum Gasteiger partial charge on any atom is 0.347 e. The van der Waals surface area contributed by atoms with Gasteiger partial charge in [-0.15, -0.1) is 16.4 Å². The molecule has 1 unspecified atom stereocenters. The van der Waals surface area contributed by atoms with Crippen LogP contribution in [0.4, 0.5) is 0 Å². The van der Waals surface area contributed by atoms with Gasteiger partial charge in [0.2, 0.25) is 10.0 Å². The predicted octanol–water partition coefficient (Wildman–Crippen LogP) is 1.56. The summed E-state index contributed by atoms with van der Waals surface area (Å²) >= 11 is 0.968. The van der Waals surface area contributed by atoms with Crippen LogP contribution in [-0.4, -0.2) is 40.5 Å². The summed E-state index contributed by atoms with van der Waals surface area (Å²) < 4.78 is 31.0. The SMILES string of the molecule is Cn1nnc2c1CCC(NS(=O)(=O)c1c(C(=O)O)sc3ccccc13)C2. The highest BCUT2D eigenvalue weighted by Crippen LogP contribution is 2.35. The van der Waals surface area contributed by atoms with Crippen molar-refractivity contribution in [2.24, 2.45) is 7.05 Å². The van der Waals surface area contributed by atoms with E-state index in [4.69, 9.17) is 0 Å². The molecule has 8 nitrogen and oxygen atoms in total. The number of nitrogens with zero attached hydrogens (tertiary/aromatic N) is 3. The second-order valence-electron chi connectivity index (χ2n) is 6.23. The maximum atomic E-state index is 13.0. The van der Waals surface area contributed by atoms with E-state index in [0.717, 1.165) is 22.7 Å². The normalized spacial score (nSPS) is 17.3. The van der Waals surface area contributed by atoms with Gasteiger partial charge < -0.3 is 5.11 Å². The summed E-state index contributed by atoms with van der Waals surface area (Å²) in [5.41, 5.74) is 1.78. The summed E-state index contributed by atoms with van der Waals surface area (Å²) in [5, 5.41) is 17.9. The number of carboxylic acids is 1. The highest BCUT2D eigenvalue weighted by Gasteiger charge is 2.32. The van der Waals surface area contributed by atoms with Crippen LogP contribution < -0.4 is 4.72 Å². The Hall–Kier alpha value is -2.30. The second kappa shape index (κ2) is 6.15. The first-order valence-corrected chi connectivity index (χ1v) is 10.3. The Balaban J connectivity index is 1.71. The first kappa shape index (κ1) is 17.1. The summed E-state index contributed by atoms with van der Waals surface area (Å²) in [4.78, 5) is 11.3. The largest absolute Gasteiger partial charge is 0.477 e. The van der Waals surface area contributed by atoms with Crippen LogP contribution in [0.2, 0.25) is 0 Å². The Morgan fingerprint density at radius 2 is 2.15 bits per heavy atom. The summed E-state index contributed by atoms with van der Waals surface area (Å²) in [7, 11) is -2.18. The lowest BCUT2D eigenvalue weighted by Gasteiger charge is -2.22. The van der Waals surface area contributed by atoms with Gasteiger partial charge in [0.15, 0.2) is 0 Å². The topological polar surface area (TPSA) is 114 Å². The second-order valence-corrected chi connectivity index (χ2v) is 8.93. The molecule has 0 saturated heterocycles. The summed E-state index contributed by atoms with van der Waals surface area (Å²) in [6, 6.07) is 6.47. The minimum absolute atomic E-state index is 0.157. The minimum Gasteiger partial charge on any atom is -0.477 e. The van der Waals surface area contributed by atoms with Gasteiger partial charge in [-0.25, -0.2) is 17.9 Å². The number of fused-ring (bicyclic) bond motifs is 2. The van der Waals surface area contributed by atoms with Crippen molar-refractivity contribution in [3.63, 3.8) is 0 Å². The van der Waals surface area contributed by atoms with E-state index in [-0.39, 0.29) is 15.8 Å². The van der Waals surface area contributed by atoms with Gasteiger partial charge in [0.25, 0.3) is 0 Å². The molecule has 0 amide bonds. The Kier molecular flexibility index (Phi) is 4.05. The van der Waals surface area contributed by atoms with Crippen molar-refractivity contribution in [3.05, 3.63) is 40.5 Å². The van der Waals surface area contributed by atoms with Gasteiger partial charge in [-0.05, 0) is 18.9 Å². The number of hydrogen-bond acceptors (Lipinski definition) is 6. The van der Waals surface area contributed by atoms with Crippen LogP contribution in [0.3, 0.4) is 0 Å². The number of benzene rings is 1. The zero-order chi connectivity index (χ0) is 18.5. The predicted molar refractivity (Wildman–Crippen MR) is 95.9 cm³/mol. The Labute approximate surface area is 153 Å². The van der Waals surface area contributed by atoms with Crippen molar-refractivity contribution in [2.75, 3.05) is 0 Å². The molecule has 0 fully saturated rings. The van der Waals surface area contributed by atoms with E-state index in [1.54, 1.807) is 28.9 Å². The molecule has 0 bridgehead atoms. The number of carbonyl (C=O) groups is 1. The summed E-state index contributed by atoms with van der Waals surface area (Å²) in [6.45, 7) is 0. The smallest absolute Gasteiger partial charge is 0.347 e. The number of thiophene rings is 1. The molecule has 4 rings (SSSR count). The van der Waals surface area contributed by atoms with Crippen LogP contribution in [0.25, 0.3) is 10.1 Å². The van der Waals surface area contributed by atoms with Gasteiger partial charge in [0.1, 0.15) is 9.77 Å². The minimum atomic E-state index is -3.99. The van der Waals surface area contributed by atoms with Gasteiger partial charge in [-0.1, -0.05) is 23.4 Å². The number of carboxylic acid groups (broad SMARTS) is 1. The first-order valence-electron chi connectivity index (χ1n) is 8.01. The summed E-state index contributed by atoms with van der Waals surface area (Å²) in [6.07, 6.45) is 1.72. The summed E-state index contributed by atoms with van der Waals surface area (Å²) in [5.74, 6) is -1.24. The van der Waals surface area contributed by atoms with Gasteiger partial charge in [0.05, 0.1) is 11.4 Å². The Morgan fingerprint density at radius 3 is 2.92 bits per heavy atom. The molecule has 26 heavy (non-hydrogen) atoms. The number of aryl methyl sites for hydroxylation is 1. The third-order valence-corrected chi connectivity index (χ3v) is 7.42. The molecule has 3 aromatic rings. The van der Waals surface area contributed by atoms with Crippen LogP contribution >= 0.6 is 11.3 Å². The lowest BCUT2D eigenvalue weighted by molar-refractivity contribution is 0.0698. The van der Waals surface area contributed by atoms with E-state index < -0.39 is 16.0 Å².